The molecule has 0 amide bonds. The molecule has 0 saturated heterocycles. The monoisotopic (exact) mass is 235 g/mol. The van der Waals surface area contributed by atoms with Crippen LogP contribution in [0.3, 0.4) is 0 Å². The molecule has 0 aliphatic heterocycles. The second-order valence-electron chi connectivity index (χ2n) is 2.66. The Labute approximate surface area is 92.5 Å². The fourth-order valence-corrected chi connectivity index (χ4v) is 1.28. The maximum atomic E-state index is 8.31. The minimum Gasteiger partial charge on any atom is -0.492 e. The topological polar surface area (TPSA) is 41.5 Å². The van der Waals surface area contributed by atoms with E-state index < -0.39 is 0 Å². The Morgan fingerprint density at radius 3 is 2.86 bits per heavy atom. The van der Waals surface area contributed by atoms with Crippen LogP contribution in [0.1, 0.15) is 6.42 Å². The molecule has 2 N–H and O–H groups in total. The van der Waals surface area contributed by atoms with Gasteiger partial charge in [-0.1, -0.05) is 29.3 Å². The summed E-state index contributed by atoms with van der Waals surface area (Å²) in [5.74, 6) is 0.567. The van der Waals surface area contributed by atoms with Gasteiger partial charge in [0.1, 0.15) is 10.8 Å². The number of benzene rings is 1. The third-order valence-electron chi connectivity index (χ3n) is 1.61. The molecule has 0 heterocycles. The minimum atomic E-state index is 0.422. The lowest BCUT2D eigenvalue weighted by Crippen LogP contribution is -2.12. The normalized spacial score (nSPS) is 10.2. The zero-order valence-electron chi connectivity index (χ0n) is 7.46. The van der Waals surface area contributed by atoms with E-state index in [0.717, 1.165) is 0 Å². The quantitative estimate of drug-likeness (QED) is 0.610. The molecule has 0 unspecified atom stereocenters. The van der Waals surface area contributed by atoms with Crippen molar-refractivity contribution >= 4 is 23.2 Å². The molecule has 5 heteroatoms. The van der Waals surface area contributed by atoms with E-state index in [1.165, 1.54) is 0 Å². The Kier molecular flexibility index (Phi) is 5.04. The zero-order chi connectivity index (χ0) is 10.4. The number of hydroxylamine groups is 1. The smallest absolute Gasteiger partial charge is 0.139 e. The molecule has 0 aromatic heterocycles. The zero-order valence-corrected chi connectivity index (χ0v) is 8.98. The summed E-state index contributed by atoms with van der Waals surface area (Å²) in [6.45, 7) is 0.964. The number of hydrogen-bond donors (Lipinski definition) is 2. The molecule has 3 nitrogen and oxygen atoms in total. The summed E-state index contributed by atoms with van der Waals surface area (Å²) in [5.41, 5.74) is 2.04. The average molecular weight is 236 g/mol. The minimum absolute atomic E-state index is 0.422. The lowest BCUT2D eigenvalue weighted by molar-refractivity contribution is 0.157. The van der Waals surface area contributed by atoms with Gasteiger partial charge in [0.25, 0.3) is 0 Å². The molecule has 1 aromatic carbocycles. The van der Waals surface area contributed by atoms with Gasteiger partial charge < -0.3 is 9.94 Å². The van der Waals surface area contributed by atoms with E-state index in [4.69, 9.17) is 33.1 Å². The van der Waals surface area contributed by atoms with E-state index >= 15 is 0 Å². The first-order chi connectivity index (χ1) is 6.75. The molecular weight excluding hydrogens is 225 g/mol. The molecule has 78 valence electrons. The second-order valence-corrected chi connectivity index (χ2v) is 3.45. The highest BCUT2D eigenvalue weighted by Crippen LogP contribution is 2.31. The Morgan fingerprint density at radius 2 is 2.14 bits per heavy atom. The van der Waals surface area contributed by atoms with E-state index in [0.29, 0.717) is 35.4 Å². The highest BCUT2D eigenvalue weighted by molar-refractivity contribution is 6.42. The number of halogens is 2. The van der Waals surface area contributed by atoms with Crippen molar-refractivity contribution < 1.29 is 9.94 Å². The Balaban J connectivity index is 2.46. The maximum absolute atomic E-state index is 8.31. The first-order valence-electron chi connectivity index (χ1n) is 4.19. The average Bonchev–Trinajstić information content (AvgIpc) is 2.19. The molecule has 0 bridgehead atoms. The third kappa shape index (κ3) is 3.35. The van der Waals surface area contributed by atoms with E-state index in [1.807, 2.05) is 5.48 Å². The fraction of sp³-hybridized carbons (Fsp3) is 0.333. The van der Waals surface area contributed by atoms with E-state index in [9.17, 15) is 0 Å². The molecule has 1 aromatic rings. The van der Waals surface area contributed by atoms with Gasteiger partial charge in [0, 0.05) is 6.54 Å². The molecule has 14 heavy (non-hydrogen) atoms. The summed E-state index contributed by atoms with van der Waals surface area (Å²) in [7, 11) is 0. The van der Waals surface area contributed by atoms with Gasteiger partial charge in [0.2, 0.25) is 0 Å². The van der Waals surface area contributed by atoms with Crippen LogP contribution in [0.4, 0.5) is 0 Å². The van der Waals surface area contributed by atoms with Gasteiger partial charge in [-0.3, -0.25) is 0 Å². The van der Waals surface area contributed by atoms with Gasteiger partial charge in [-0.2, -0.15) is 0 Å². The standard InChI is InChI=1S/C9H11Cl2NO2/c10-7-3-1-4-8(9(7)11)14-6-2-5-12-13/h1,3-4,12-13H,2,5-6H2. The summed E-state index contributed by atoms with van der Waals surface area (Å²) in [6.07, 6.45) is 0.694. The SMILES string of the molecule is ONCCCOc1cccc(Cl)c1Cl. The summed E-state index contributed by atoms with van der Waals surface area (Å²) in [6, 6.07) is 5.22. The van der Waals surface area contributed by atoms with Crippen LogP contribution in [0.25, 0.3) is 0 Å². The van der Waals surface area contributed by atoms with Crippen LogP contribution in [0.2, 0.25) is 10.0 Å². The number of rotatable bonds is 5. The van der Waals surface area contributed by atoms with Crippen molar-refractivity contribution in [3.63, 3.8) is 0 Å². The van der Waals surface area contributed by atoms with Crippen LogP contribution >= 0.6 is 23.2 Å². The van der Waals surface area contributed by atoms with Crippen molar-refractivity contribution in [1.82, 2.24) is 5.48 Å². The van der Waals surface area contributed by atoms with Gasteiger partial charge in [-0.05, 0) is 18.6 Å². The molecule has 0 saturated carbocycles. The van der Waals surface area contributed by atoms with Gasteiger partial charge >= 0.3 is 0 Å². The van der Waals surface area contributed by atoms with Crippen LogP contribution in [-0.2, 0) is 0 Å². The molecular formula is C9H11Cl2NO2. The van der Waals surface area contributed by atoms with Crippen molar-refractivity contribution in [3.8, 4) is 5.75 Å². The Hall–Kier alpha value is -0.480. The molecule has 0 aliphatic carbocycles. The van der Waals surface area contributed by atoms with Crippen molar-refractivity contribution in [2.45, 2.75) is 6.42 Å². The van der Waals surface area contributed by atoms with Gasteiger partial charge in [0.05, 0.1) is 11.6 Å². The summed E-state index contributed by atoms with van der Waals surface area (Å²) in [4.78, 5) is 0. The van der Waals surface area contributed by atoms with Gasteiger partial charge in [-0.15, -0.1) is 0 Å². The number of nitrogens with one attached hydrogen (secondary N) is 1. The molecule has 0 atom stereocenters. The van der Waals surface area contributed by atoms with Crippen LogP contribution in [0, 0.1) is 0 Å². The third-order valence-corrected chi connectivity index (χ3v) is 2.41. The van der Waals surface area contributed by atoms with Crippen molar-refractivity contribution in [2.24, 2.45) is 0 Å². The van der Waals surface area contributed by atoms with E-state index in [1.54, 1.807) is 18.2 Å². The van der Waals surface area contributed by atoms with Crippen LogP contribution in [-0.4, -0.2) is 18.4 Å². The van der Waals surface area contributed by atoms with Crippen LogP contribution < -0.4 is 10.2 Å². The molecule has 0 radical (unpaired) electrons. The lowest BCUT2D eigenvalue weighted by atomic mass is 10.3. The van der Waals surface area contributed by atoms with Gasteiger partial charge in [0.15, 0.2) is 0 Å². The highest BCUT2D eigenvalue weighted by atomic mass is 35.5. The maximum Gasteiger partial charge on any atom is 0.139 e. The largest absolute Gasteiger partial charge is 0.492 e. The first kappa shape index (κ1) is 11.6. The number of hydrogen-bond acceptors (Lipinski definition) is 3. The van der Waals surface area contributed by atoms with Crippen molar-refractivity contribution in [1.29, 1.82) is 0 Å². The van der Waals surface area contributed by atoms with Crippen LogP contribution in [0.5, 0.6) is 5.75 Å². The van der Waals surface area contributed by atoms with E-state index in [2.05, 4.69) is 0 Å². The molecule has 0 aliphatic rings. The molecule has 0 spiro atoms. The van der Waals surface area contributed by atoms with Crippen LogP contribution in [0.15, 0.2) is 18.2 Å². The lowest BCUT2D eigenvalue weighted by Gasteiger charge is -2.07. The Bertz CT molecular complexity index is 294. The predicted molar refractivity (Wildman–Crippen MR) is 56.4 cm³/mol. The number of ether oxygens (including phenoxy) is 1. The Morgan fingerprint density at radius 1 is 1.36 bits per heavy atom. The predicted octanol–water partition coefficient (Wildman–Crippen LogP) is 2.74. The molecule has 0 fully saturated rings. The summed E-state index contributed by atoms with van der Waals surface area (Å²) >= 11 is 11.7. The highest BCUT2D eigenvalue weighted by Gasteiger charge is 2.04. The second kappa shape index (κ2) is 6.09. The summed E-state index contributed by atoms with van der Waals surface area (Å²) < 4.78 is 5.35. The van der Waals surface area contributed by atoms with Crippen molar-refractivity contribution in [2.75, 3.05) is 13.2 Å². The molecule has 1 rings (SSSR count). The van der Waals surface area contributed by atoms with Gasteiger partial charge in [-0.25, -0.2) is 5.48 Å². The van der Waals surface area contributed by atoms with Crippen molar-refractivity contribution in [3.05, 3.63) is 28.2 Å². The first-order valence-corrected chi connectivity index (χ1v) is 4.95. The summed E-state index contributed by atoms with van der Waals surface area (Å²) in [5, 5.41) is 9.21. The van der Waals surface area contributed by atoms with E-state index in [-0.39, 0.29) is 0 Å². The fourth-order valence-electron chi connectivity index (χ4n) is 0.929.